The largest absolute Gasteiger partial charge is 0.490 e. The van der Waals surface area contributed by atoms with Crippen molar-refractivity contribution in [3.05, 3.63) is 57.5 Å². The van der Waals surface area contributed by atoms with Gasteiger partial charge in [-0.15, -0.1) is 10.2 Å². The summed E-state index contributed by atoms with van der Waals surface area (Å²) in [4.78, 5) is 11.9. The zero-order valence-electron chi connectivity index (χ0n) is 17.3. The molecule has 9 nitrogen and oxygen atoms in total. The number of hydrogen-bond donors (Lipinski definition) is 2. The van der Waals surface area contributed by atoms with E-state index in [2.05, 4.69) is 36.7 Å². The van der Waals surface area contributed by atoms with Crippen molar-refractivity contribution >= 4 is 44.5 Å². The Morgan fingerprint density at radius 1 is 1.12 bits per heavy atom. The number of rotatable bonds is 11. The van der Waals surface area contributed by atoms with Crippen molar-refractivity contribution in [3.8, 4) is 17.2 Å². The Bertz CT molecular complexity index is 1060. The normalized spacial score (nSPS) is 10.8. The highest BCUT2D eigenvalue weighted by atomic mass is 79.9. The van der Waals surface area contributed by atoms with Gasteiger partial charge >= 0.3 is 0 Å². The van der Waals surface area contributed by atoms with E-state index in [0.717, 1.165) is 27.1 Å². The smallest absolute Gasteiger partial charge is 0.247 e. The van der Waals surface area contributed by atoms with Crippen LogP contribution in [0.25, 0.3) is 0 Å². The second-order valence-electron chi connectivity index (χ2n) is 6.29. The summed E-state index contributed by atoms with van der Waals surface area (Å²) in [7, 11) is 0. The van der Waals surface area contributed by atoms with Gasteiger partial charge in [-0.25, -0.2) is 5.43 Å². The molecule has 2 aromatic carbocycles. The number of aromatic nitrogens is 2. The Balaban J connectivity index is 1.50. The minimum absolute atomic E-state index is 0.0610. The number of carbonyl (C=O) groups excluding carboxylic acids is 1. The molecule has 3 rings (SSSR count). The van der Waals surface area contributed by atoms with Crippen molar-refractivity contribution in [2.75, 3.05) is 25.6 Å². The number of benzene rings is 2. The van der Waals surface area contributed by atoms with E-state index in [1.807, 2.05) is 37.3 Å². The molecule has 0 fully saturated rings. The first-order chi connectivity index (χ1) is 15.5. The van der Waals surface area contributed by atoms with Crippen molar-refractivity contribution in [1.29, 1.82) is 0 Å². The topological polar surface area (TPSA) is 121 Å². The summed E-state index contributed by atoms with van der Waals surface area (Å²) in [5.41, 5.74) is 8.70. The van der Waals surface area contributed by atoms with Gasteiger partial charge in [0.1, 0.15) is 24.0 Å². The number of nitrogen functional groups attached to an aromatic ring is 1. The minimum Gasteiger partial charge on any atom is -0.490 e. The lowest BCUT2D eigenvalue weighted by atomic mass is 10.2. The highest BCUT2D eigenvalue weighted by Gasteiger charge is 2.08. The lowest BCUT2D eigenvalue weighted by molar-refractivity contribution is -0.120. The van der Waals surface area contributed by atoms with Crippen LogP contribution in [0.3, 0.4) is 0 Å². The van der Waals surface area contributed by atoms with Gasteiger partial charge in [-0.05, 0) is 55.0 Å². The quantitative estimate of drug-likeness (QED) is 0.226. The standard InChI is InChI=1S/C21H22BrN5O4S/c1-2-29-18-11-14(13-24-25-19(28)12-20-26-27-21(23)32-20)3-8-17(18)31-10-9-30-16-6-4-15(22)5-7-16/h3-8,11,13H,2,9-10,12H2,1H3,(H2,23,27)(H,25,28)/b24-13+. The highest BCUT2D eigenvalue weighted by molar-refractivity contribution is 9.10. The predicted molar refractivity (Wildman–Crippen MR) is 127 cm³/mol. The molecule has 0 aliphatic rings. The van der Waals surface area contributed by atoms with E-state index in [4.69, 9.17) is 19.9 Å². The second kappa shape index (κ2) is 12.0. The highest BCUT2D eigenvalue weighted by Crippen LogP contribution is 2.28. The van der Waals surface area contributed by atoms with Crippen molar-refractivity contribution in [2.45, 2.75) is 13.3 Å². The number of nitrogens with one attached hydrogen (secondary N) is 1. The molecular weight excluding hydrogens is 498 g/mol. The second-order valence-corrected chi connectivity index (χ2v) is 8.30. The molecule has 168 valence electrons. The molecule has 0 unspecified atom stereocenters. The van der Waals surface area contributed by atoms with Gasteiger partial charge in [0, 0.05) is 4.47 Å². The first-order valence-corrected chi connectivity index (χ1v) is 11.3. The van der Waals surface area contributed by atoms with Crippen LogP contribution < -0.4 is 25.4 Å². The van der Waals surface area contributed by atoms with Crippen LogP contribution in [-0.4, -0.2) is 42.1 Å². The molecule has 1 amide bonds. The average Bonchev–Trinajstić information content (AvgIpc) is 3.18. The van der Waals surface area contributed by atoms with Gasteiger partial charge in [0.2, 0.25) is 11.0 Å². The number of anilines is 1. The number of amides is 1. The Kier molecular flexibility index (Phi) is 8.81. The van der Waals surface area contributed by atoms with E-state index in [0.29, 0.717) is 41.5 Å². The van der Waals surface area contributed by atoms with Gasteiger partial charge in [-0.1, -0.05) is 27.3 Å². The summed E-state index contributed by atoms with van der Waals surface area (Å²) >= 11 is 4.55. The Labute approximate surface area is 197 Å². The van der Waals surface area contributed by atoms with E-state index in [9.17, 15) is 4.79 Å². The molecule has 0 radical (unpaired) electrons. The van der Waals surface area contributed by atoms with Gasteiger partial charge < -0.3 is 19.9 Å². The van der Waals surface area contributed by atoms with E-state index in [1.165, 1.54) is 6.21 Å². The van der Waals surface area contributed by atoms with Gasteiger partial charge in [0.05, 0.1) is 19.2 Å². The maximum atomic E-state index is 11.9. The molecule has 1 heterocycles. The first kappa shape index (κ1) is 23.5. The molecule has 0 spiro atoms. The molecule has 3 N–H and O–H groups in total. The van der Waals surface area contributed by atoms with Crippen molar-refractivity contribution in [2.24, 2.45) is 5.10 Å². The van der Waals surface area contributed by atoms with Crippen molar-refractivity contribution in [3.63, 3.8) is 0 Å². The zero-order chi connectivity index (χ0) is 22.8. The van der Waals surface area contributed by atoms with Crippen LogP contribution >= 0.6 is 27.3 Å². The number of nitrogens with two attached hydrogens (primary N) is 1. The van der Waals surface area contributed by atoms with Crippen LogP contribution in [0.2, 0.25) is 0 Å². The Morgan fingerprint density at radius 2 is 1.91 bits per heavy atom. The summed E-state index contributed by atoms with van der Waals surface area (Å²) < 4.78 is 18.1. The molecule has 0 saturated carbocycles. The molecule has 0 bridgehead atoms. The number of halogens is 1. The Hall–Kier alpha value is -3.18. The third-order valence-corrected chi connectivity index (χ3v) is 5.17. The molecule has 32 heavy (non-hydrogen) atoms. The van der Waals surface area contributed by atoms with E-state index in [-0.39, 0.29) is 12.3 Å². The molecule has 11 heteroatoms. The number of carbonyl (C=O) groups is 1. The molecule has 0 aliphatic carbocycles. The molecule has 3 aromatic rings. The monoisotopic (exact) mass is 519 g/mol. The number of nitrogens with zero attached hydrogens (tertiary/aromatic N) is 3. The van der Waals surface area contributed by atoms with Crippen LogP contribution in [0.15, 0.2) is 52.0 Å². The lowest BCUT2D eigenvalue weighted by Gasteiger charge is -2.13. The average molecular weight is 520 g/mol. The lowest BCUT2D eigenvalue weighted by Crippen LogP contribution is -2.19. The minimum atomic E-state index is -0.312. The van der Waals surface area contributed by atoms with E-state index in [1.54, 1.807) is 12.1 Å². The Morgan fingerprint density at radius 3 is 2.62 bits per heavy atom. The number of hydrazone groups is 1. The van der Waals surface area contributed by atoms with Crippen LogP contribution in [0, 0.1) is 0 Å². The summed E-state index contributed by atoms with van der Waals surface area (Å²) in [6.07, 6.45) is 1.58. The maximum Gasteiger partial charge on any atom is 0.247 e. The summed E-state index contributed by atoms with van der Waals surface area (Å²) in [5, 5.41) is 12.3. The molecule has 0 saturated heterocycles. The van der Waals surface area contributed by atoms with Crippen LogP contribution in [0.1, 0.15) is 17.5 Å². The van der Waals surface area contributed by atoms with Gasteiger partial charge in [0.15, 0.2) is 11.5 Å². The summed E-state index contributed by atoms with van der Waals surface area (Å²) in [6, 6.07) is 13.0. The zero-order valence-corrected chi connectivity index (χ0v) is 19.7. The SMILES string of the molecule is CCOc1cc(/C=N/NC(=O)Cc2nnc(N)s2)ccc1OCCOc1ccc(Br)cc1. The van der Waals surface area contributed by atoms with Crippen molar-refractivity contribution < 1.29 is 19.0 Å². The van der Waals surface area contributed by atoms with Crippen molar-refractivity contribution in [1.82, 2.24) is 15.6 Å². The van der Waals surface area contributed by atoms with Gasteiger partial charge in [-0.3, -0.25) is 4.79 Å². The van der Waals surface area contributed by atoms with Gasteiger partial charge in [-0.2, -0.15) is 5.10 Å². The molecule has 0 aliphatic heterocycles. The van der Waals surface area contributed by atoms with Crippen LogP contribution in [0.4, 0.5) is 5.13 Å². The van der Waals surface area contributed by atoms with Crippen LogP contribution in [0.5, 0.6) is 17.2 Å². The fourth-order valence-electron chi connectivity index (χ4n) is 2.53. The molecule has 1 aromatic heterocycles. The molecular formula is C21H22BrN5O4S. The maximum absolute atomic E-state index is 11.9. The number of hydrogen-bond acceptors (Lipinski definition) is 9. The third-order valence-electron chi connectivity index (χ3n) is 3.89. The fourth-order valence-corrected chi connectivity index (χ4v) is 3.40. The summed E-state index contributed by atoms with van der Waals surface area (Å²) in [6.45, 7) is 3.12. The van der Waals surface area contributed by atoms with E-state index < -0.39 is 0 Å². The van der Waals surface area contributed by atoms with E-state index >= 15 is 0 Å². The third kappa shape index (κ3) is 7.50. The van der Waals surface area contributed by atoms with Gasteiger partial charge in [0.25, 0.3) is 0 Å². The molecule has 0 atom stereocenters. The fraction of sp³-hybridized carbons (Fsp3) is 0.238. The number of ether oxygens (including phenoxy) is 3. The summed E-state index contributed by atoms with van der Waals surface area (Å²) in [5.74, 6) is 1.63. The van der Waals surface area contributed by atoms with Crippen LogP contribution in [-0.2, 0) is 11.2 Å². The first-order valence-electron chi connectivity index (χ1n) is 9.71. The predicted octanol–water partition coefficient (Wildman–Crippen LogP) is 3.43.